The van der Waals surface area contributed by atoms with Crippen molar-refractivity contribution in [3.8, 4) is 0 Å². The van der Waals surface area contributed by atoms with Crippen molar-refractivity contribution in [2.24, 2.45) is 11.3 Å². The van der Waals surface area contributed by atoms with Crippen LogP contribution >= 0.6 is 0 Å². The van der Waals surface area contributed by atoms with Crippen molar-refractivity contribution in [2.75, 3.05) is 0 Å². The predicted octanol–water partition coefficient (Wildman–Crippen LogP) is 3.45. The van der Waals surface area contributed by atoms with E-state index in [1.807, 2.05) is 0 Å². The molecule has 3 rings (SSSR count). The van der Waals surface area contributed by atoms with Crippen LogP contribution in [-0.2, 0) is 0 Å². The van der Waals surface area contributed by atoms with E-state index in [2.05, 4.69) is 19.1 Å². The molecule has 0 heterocycles. The molecule has 12 heavy (non-hydrogen) atoms. The average Bonchev–Trinajstić information content (AvgIpc) is 2.73. The Morgan fingerprint density at radius 1 is 1.42 bits per heavy atom. The van der Waals surface area contributed by atoms with Crippen LogP contribution in [0.25, 0.3) is 0 Å². The van der Waals surface area contributed by atoms with Crippen LogP contribution in [0.15, 0.2) is 23.3 Å². The van der Waals surface area contributed by atoms with E-state index in [0.717, 1.165) is 5.92 Å². The lowest BCUT2D eigenvalue weighted by Crippen LogP contribution is -2.15. The summed E-state index contributed by atoms with van der Waals surface area (Å²) in [7, 11) is 0. The minimum Gasteiger partial charge on any atom is -0.0776 e. The highest BCUT2D eigenvalue weighted by molar-refractivity contribution is 5.41. The van der Waals surface area contributed by atoms with Gasteiger partial charge >= 0.3 is 0 Å². The summed E-state index contributed by atoms with van der Waals surface area (Å²) in [5, 5.41) is 0. The standard InChI is InChI=1S/C12H16/c1-9-6-10-4-2-3-5-12(10)8-11(12)7-9/h6-7,11H,2-5,8H2,1H3. The first-order valence-corrected chi connectivity index (χ1v) is 5.21. The van der Waals surface area contributed by atoms with Gasteiger partial charge < -0.3 is 0 Å². The van der Waals surface area contributed by atoms with E-state index in [1.54, 1.807) is 5.57 Å². The lowest BCUT2D eigenvalue weighted by molar-refractivity contribution is 0.414. The second-order valence-electron chi connectivity index (χ2n) is 4.75. The molecular weight excluding hydrogens is 144 g/mol. The lowest BCUT2D eigenvalue weighted by Gasteiger charge is -2.28. The molecule has 3 aliphatic rings. The summed E-state index contributed by atoms with van der Waals surface area (Å²) < 4.78 is 0. The van der Waals surface area contributed by atoms with E-state index in [-0.39, 0.29) is 0 Å². The molecule has 0 aromatic rings. The summed E-state index contributed by atoms with van der Waals surface area (Å²) >= 11 is 0. The van der Waals surface area contributed by atoms with Gasteiger partial charge in [-0.05, 0) is 43.9 Å². The van der Waals surface area contributed by atoms with Gasteiger partial charge in [-0.25, -0.2) is 0 Å². The Hall–Kier alpha value is -0.520. The van der Waals surface area contributed by atoms with Gasteiger partial charge in [0.2, 0.25) is 0 Å². The van der Waals surface area contributed by atoms with Gasteiger partial charge in [-0.1, -0.05) is 29.7 Å². The molecule has 0 nitrogen and oxygen atoms in total. The first-order valence-electron chi connectivity index (χ1n) is 5.21. The normalized spacial score (nSPS) is 43.9. The molecule has 0 aromatic heterocycles. The molecule has 2 saturated carbocycles. The maximum Gasteiger partial charge on any atom is -0.00157 e. The van der Waals surface area contributed by atoms with Gasteiger partial charge in [0.15, 0.2) is 0 Å². The van der Waals surface area contributed by atoms with Crippen LogP contribution in [0.4, 0.5) is 0 Å². The molecule has 0 bridgehead atoms. The zero-order chi connectivity index (χ0) is 8.18. The van der Waals surface area contributed by atoms with Gasteiger partial charge in [0.05, 0.1) is 0 Å². The molecule has 1 spiro atoms. The molecule has 0 radical (unpaired) electrons. The van der Waals surface area contributed by atoms with E-state index < -0.39 is 0 Å². The van der Waals surface area contributed by atoms with Gasteiger partial charge in [0, 0.05) is 0 Å². The fourth-order valence-corrected chi connectivity index (χ4v) is 3.23. The smallest absolute Gasteiger partial charge is 0.00157 e. The molecule has 0 aliphatic heterocycles. The first kappa shape index (κ1) is 6.94. The van der Waals surface area contributed by atoms with Crippen molar-refractivity contribution in [1.29, 1.82) is 0 Å². The topological polar surface area (TPSA) is 0 Å². The molecule has 2 fully saturated rings. The fraction of sp³-hybridized carbons (Fsp3) is 0.667. The Balaban J connectivity index is 2.02. The minimum absolute atomic E-state index is 0.706. The van der Waals surface area contributed by atoms with Gasteiger partial charge in [-0.2, -0.15) is 0 Å². The largest absolute Gasteiger partial charge is 0.0776 e. The van der Waals surface area contributed by atoms with Crippen molar-refractivity contribution in [1.82, 2.24) is 0 Å². The van der Waals surface area contributed by atoms with Gasteiger partial charge in [-0.3, -0.25) is 0 Å². The Labute approximate surface area is 74.4 Å². The summed E-state index contributed by atoms with van der Waals surface area (Å²) in [6.07, 6.45) is 12.2. The van der Waals surface area contributed by atoms with Crippen LogP contribution in [0.2, 0.25) is 0 Å². The molecule has 0 aromatic carbocycles. The van der Waals surface area contributed by atoms with Crippen LogP contribution in [0, 0.1) is 11.3 Å². The molecule has 2 atom stereocenters. The predicted molar refractivity (Wildman–Crippen MR) is 50.8 cm³/mol. The van der Waals surface area contributed by atoms with Crippen molar-refractivity contribution >= 4 is 0 Å². The Morgan fingerprint density at radius 2 is 2.33 bits per heavy atom. The molecule has 0 saturated heterocycles. The highest BCUT2D eigenvalue weighted by Gasteiger charge is 2.56. The van der Waals surface area contributed by atoms with Crippen molar-refractivity contribution < 1.29 is 0 Å². The summed E-state index contributed by atoms with van der Waals surface area (Å²) in [6, 6.07) is 0. The van der Waals surface area contributed by atoms with Gasteiger partial charge in [0.25, 0.3) is 0 Å². The van der Waals surface area contributed by atoms with Gasteiger partial charge in [-0.15, -0.1) is 0 Å². The quantitative estimate of drug-likeness (QED) is 0.509. The maximum absolute atomic E-state index is 2.49. The first-order chi connectivity index (χ1) is 5.81. The summed E-state index contributed by atoms with van der Waals surface area (Å²) in [6.45, 7) is 2.25. The average molecular weight is 160 g/mol. The Bertz CT molecular complexity index is 282. The summed E-state index contributed by atoms with van der Waals surface area (Å²) in [5.41, 5.74) is 4.02. The maximum atomic E-state index is 2.49. The molecule has 0 heteroatoms. The Kier molecular flexibility index (Phi) is 1.18. The van der Waals surface area contributed by atoms with E-state index in [4.69, 9.17) is 0 Å². The third-order valence-corrected chi connectivity index (χ3v) is 3.96. The van der Waals surface area contributed by atoms with Crippen LogP contribution < -0.4 is 0 Å². The van der Waals surface area contributed by atoms with Crippen LogP contribution in [-0.4, -0.2) is 0 Å². The molecule has 0 N–H and O–H groups in total. The third-order valence-electron chi connectivity index (χ3n) is 3.96. The fourth-order valence-electron chi connectivity index (χ4n) is 3.23. The highest BCUT2D eigenvalue weighted by atomic mass is 14.6. The molecule has 3 aliphatic carbocycles. The van der Waals surface area contributed by atoms with Crippen LogP contribution in [0.5, 0.6) is 0 Å². The monoisotopic (exact) mass is 160 g/mol. The van der Waals surface area contributed by atoms with Gasteiger partial charge in [0.1, 0.15) is 0 Å². The number of rotatable bonds is 0. The Morgan fingerprint density at radius 3 is 3.25 bits per heavy atom. The molecule has 0 amide bonds. The van der Waals surface area contributed by atoms with Crippen molar-refractivity contribution in [3.05, 3.63) is 23.3 Å². The second-order valence-corrected chi connectivity index (χ2v) is 4.75. The third kappa shape index (κ3) is 0.734. The van der Waals surface area contributed by atoms with E-state index in [9.17, 15) is 0 Å². The lowest BCUT2D eigenvalue weighted by atomic mass is 9.77. The number of hydrogen-bond acceptors (Lipinski definition) is 0. The van der Waals surface area contributed by atoms with Crippen molar-refractivity contribution in [3.63, 3.8) is 0 Å². The second kappa shape index (κ2) is 2.04. The highest BCUT2D eigenvalue weighted by Crippen LogP contribution is 2.66. The summed E-state index contributed by atoms with van der Waals surface area (Å²) in [5.74, 6) is 0.942. The van der Waals surface area contributed by atoms with E-state index in [1.165, 1.54) is 37.7 Å². The number of hydrogen-bond donors (Lipinski definition) is 0. The van der Waals surface area contributed by atoms with Crippen LogP contribution in [0.1, 0.15) is 39.0 Å². The van der Waals surface area contributed by atoms with Crippen LogP contribution in [0.3, 0.4) is 0 Å². The molecule has 64 valence electrons. The summed E-state index contributed by atoms with van der Waals surface area (Å²) in [4.78, 5) is 0. The van der Waals surface area contributed by atoms with Crippen molar-refractivity contribution in [2.45, 2.75) is 39.0 Å². The van der Waals surface area contributed by atoms with E-state index in [0.29, 0.717) is 5.41 Å². The number of allylic oxidation sites excluding steroid dienone is 4. The molecular formula is C12H16. The molecule has 2 unspecified atom stereocenters. The zero-order valence-electron chi connectivity index (χ0n) is 7.77. The minimum atomic E-state index is 0.706. The zero-order valence-corrected chi connectivity index (χ0v) is 7.77. The van der Waals surface area contributed by atoms with E-state index >= 15 is 0 Å². The SMILES string of the molecule is CC1=CC2CC23CCCCC3=C1.